The second kappa shape index (κ2) is 13.2. The van der Waals surface area contributed by atoms with Crippen molar-refractivity contribution in [3.63, 3.8) is 0 Å². The first-order valence-corrected chi connectivity index (χ1v) is 15.3. The highest BCUT2D eigenvalue weighted by Crippen LogP contribution is 2.39. The number of alkyl halides is 3. The fraction of sp³-hybridized carbons (Fsp3) is 0.424. The van der Waals surface area contributed by atoms with Crippen molar-refractivity contribution in [1.29, 1.82) is 0 Å². The van der Waals surface area contributed by atoms with Crippen LogP contribution in [0.5, 0.6) is 0 Å². The number of benzene rings is 2. The van der Waals surface area contributed by atoms with E-state index in [2.05, 4.69) is 15.7 Å². The van der Waals surface area contributed by atoms with Gasteiger partial charge in [-0.1, -0.05) is 31.0 Å². The van der Waals surface area contributed by atoms with Crippen LogP contribution in [-0.4, -0.2) is 44.1 Å². The quantitative estimate of drug-likeness (QED) is 0.185. The Morgan fingerprint density at radius 3 is 2.36 bits per heavy atom. The van der Waals surface area contributed by atoms with Crippen LogP contribution in [0.4, 0.5) is 28.0 Å². The normalized spacial score (nSPS) is 15.9. The third-order valence-corrected chi connectivity index (χ3v) is 7.79. The maximum absolute atomic E-state index is 15.1. The summed E-state index contributed by atoms with van der Waals surface area (Å²) < 4.78 is 62.4. The van der Waals surface area contributed by atoms with Crippen molar-refractivity contribution in [2.45, 2.75) is 83.7 Å². The standard InChI is InChI=1S/C33H35F4N5O5/c1-32(2,3)47-31(46)38-18-20-5-4-6-22(15-20)42-26(17-27(40-42)33(35,36)37)30(45)39-24-16-21(10-11-23(24)34)25(12-9-19-7-8-19)41-28(43)13-14-29(41)44/h4-6,10-11,15-17,19,25H,7-9,12-14,18H2,1-3H3,(H,38,46)(H,39,45). The van der Waals surface area contributed by atoms with E-state index in [1.807, 2.05) is 0 Å². The van der Waals surface area contributed by atoms with Crippen LogP contribution < -0.4 is 10.6 Å². The lowest BCUT2D eigenvalue weighted by Crippen LogP contribution is -2.33. The number of rotatable bonds is 10. The van der Waals surface area contributed by atoms with Gasteiger partial charge in [-0.25, -0.2) is 13.9 Å². The molecule has 1 aliphatic heterocycles. The lowest BCUT2D eigenvalue weighted by molar-refractivity contribution is -0.142. The summed E-state index contributed by atoms with van der Waals surface area (Å²) in [6.07, 6.45) is -2.12. The molecule has 10 nitrogen and oxygen atoms in total. The Kier molecular flexibility index (Phi) is 9.41. The highest BCUT2D eigenvalue weighted by molar-refractivity contribution is 6.04. The van der Waals surface area contributed by atoms with Crippen molar-refractivity contribution in [2.24, 2.45) is 5.92 Å². The van der Waals surface area contributed by atoms with Crippen LogP contribution in [0.25, 0.3) is 5.69 Å². The number of imide groups is 1. The van der Waals surface area contributed by atoms with Crippen molar-refractivity contribution in [3.8, 4) is 5.69 Å². The number of carbonyl (C=O) groups excluding carboxylic acids is 4. The fourth-order valence-corrected chi connectivity index (χ4v) is 5.38. The summed E-state index contributed by atoms with van der Waals surface area (Å²) in [5, 5.41) is 8.55. The summed E-state index contributed by atoms with van der Waals surface area (Å²) in [4.78, 5) is 52.0. The lowest BCUT2D eigenvalue weighted by Gasteiger charge is -2.27. The van der Waals surface area contributed by atoms with Gasteiger partial charge in [-0.15, -0.1) is 0 Å². The van der Waals surface area contributed by atoms with E-state index in [1.54, 1.807) is 26.8 Å². The fourth-order valence-electron chi connectivity index (χ4n) is 5.38. The highest BCUT2D eigenvalue weighted by Gasteiger charge is 2.38. The Labute approximate surface area is 268 Å². The zero-order valence-electron chi connectivity index (χ0n) is 26.1. The number of aromatic nitrogens is 2. The van der Waals surface area contributed by atoms with E-state index in [1.165, 1.54) is 35.2 Å². The average Bonchev–Trinajstić information content (AvgIpc) is 3.60. The van der Waals surface area contributed by atoms with E-state index < -0.39 is 47.0 Å². The molecule has 5 rings (SSSR count). The molecule has 1 unspecified atom stereocenters. The van der Waals surface area contributed by atoms with Gasteiger partial charge in [0.2, 0.25) is 11.8 Å². The van der Waals surface area contributed by atoms with E-state index in [-0.39, 0.29) is 42.6 Å². The van der Waals surface area contributed by atoms with Crippen molar-refractivity contribution < 1.29 is 41.5 Å². The molecule has 0 radical (unpaired) electrons. The summed E-state index contributed by atoms with van der Waals surface area (Å²) in [7, 11) is 0. The maximum atomic E-state index is 15.1. The molecule has 1 saturated heterocycles. The van der Waals surface area contributed by atoms with E-state index in [9.17, 15) is 32.3 Å². The largest absolute Gasteiger partial charge is 0.444 e. The Bertz CT molecular complexity index is 1680. The average molecular weight is 658 g/mol. The van der Waals surface area contributed by atoms with Crippen LogP contribution in [0.15, 0.2) is 48.5 Å². The van der Waals surface area contributed by atoms with Gasteiger partial charge in [0.25, 0.3) is 5.91 Å². The van der Waals surface area contributed by atoms with E-state index >= 15 is 4.39 Å². The topological polar surface area (TPSA) is 123 Å². The molecular weight excluding hydrogens is 622 g/mol. The summed E-state index contributed by atoms with van der Waals surface area (Å²) in [6, 6.07) is 9.71. The first-order valence-electron chi connectivity index (χ1n) is 15.3. The molecule has 47 heavy (non-hydrogen) atoms. The Morgan fingerprint density at radius 2 is 1.72 bits per heavy atom. The predicted octanol–water partition coefficient (Wildman–Crippen LogP) is 6.69. The van der Waals surface area contributed by atoms with Gasteiger partial charge in [0.05, 0.1) is 17.4 Å². The van der Waals surface area contributed by atoms with Gasteiger partial charge in [0.1, 0.15) is 17.1 Å². The van der Waals surface area contributed by atoms with Crippen LogP contribution in [0, 0.1) is 11.7 Å². The molecule has 1 atom stereocenters. The number of likely N-dealkylation sites (tertiary alicyclic amines) is 1. The molecule has 2 aromatic carbocycles. The molecule has 0 spiro atoms. The number of nitrogens with zero attached hydrogens (tertiary/aromatic N) is 3. The molecule has 2 fully saturated rings. The maximum Gasteiger partial charge on any atom is 0.435 e. The van der Waals surface area contributed by atoms with Crippen molar-refractivity contribution in [2.75, 3.05) is 5.32 Å². The molecule has 14 heteroatoms. The zero-order chi connectivity index (χ0) is 34.1. The van der Waals surface area contributed by atoms with Crippen LogP contribution in [0.2, 0.25) is 0 Å². The number of hydrogen-bond acceptors (Lipinski definition) is 6. The SMILES string of the molecule is CC(C)(C)OC(=O)NCc1cccc(-n2nc(C(F)(F)F)cc2C(=O)Nc2cc(C(CCC3CC3)N3C(=O)CCC3=O)ccc2F)c1. The molecule has 1 saturated carbocycles. The molecular formula is C33H35F4N5O5. The molecule has 1 aromatic heterocycles. The number of carbonyl (C=O) groups is 4. The minimum absolute atomic E-state index is 0.0282. The lowest BCUT2D eigenvalue weighted by atomic mass is 9.98. The van der Waals surface area contributed by atoms with Gasteiger partial charge >= 0.3 is 12.3 Å². The van der Waals surface area contributed by atoms with E-state index in [0.717, 1.165) is 30.0 Å². The Hall–Kier alpha value is -4.75. The number of halogens is 4. The minimum atomic E-state index is -4.90. The molecule has 250 valence electrons. The molecule has 0 bridgehead atoms. The van der Waals surface area contributed by atoms with Crippen LogP contribution in [0.3, 0.4) is 0 Å². The highest BCUT2D eigenvalue weighted by atomic mass is 19.4. The first-order chi connectivity index (χ1) is 22.1. The molecule has 3 aromatic rings. The summed E-state index contributed by atoms with van der Waals surface area (Å²) in [6.45, 7) is 5.06. The van der Waals surface area contributed by atoms with Gasteiger partial charge < -0.3 is 15.4 Å². The first kappa shape index (κ1) is 33.6. The number of amides is 4. The molecule has 1 aliphatic carbocycles. The van der Waals surface area contributed by atoms with Crippen LogP contribution in [-0.2, 0) is 27.0 Å². The van der Waals surface area contributed by atoms with Gasteiger partial charge in [-0.05, 0) is 74.9 Å². The number of alkyl carbamates (subject to hydrolysis) is 1. The molecule has 4 amide bonds. The minimum Gasteiger partial charge on any atom is -0.444 e. The molecule has 2 N–H and O–H groups in total. The van der Waals surface area contributed by atoms with Crippen LogP contribution in [0.1, 0.15) is 92.6 Å². The number of nitrogens with one attached hydrogen (secondary N) is 2. The third-order valence-electron chi connectivity index (χ3n) is 7.79. The number of anilines is 1. The van der Waals surface area contributed by atoms with Gasteiger partial charge in [-0.2, -0.15) is 18.3 Å². The van der Waals surface area contributed by atoms with Gasteiger partial charge in [0.15, 0.2) is 5.69 Å². The zero-order valence-corrected chi connectivity index (χ0v) is 26.1. The monoisotopic (exact) mass is 657 g/mol. The Morgan fingerprint density at radius 1 is 1.02 bits per heavy atom. The van der Waals surface area contributed by atoms with E-state index in [0.29, 0.717) is 29.5 Å². The number of ether oxygens (including phenoxy) is 1. The molecule has 2 aliphatic rings. The van der Waals surface area contributed by atoms with E-state index in [4.69, 9.17) is 4.74 Å². The number of hydrogen-bond donors (Lipinski definition) is 2. The van der Waals surface area contributed by atoms with Crippen molar-refractivity contribution in [1.82, 2.24) is 20.0 Å². The Balaban J connectivity index is 1.42. The second-order valence-corrected chi connectivity index (χ2v) is 12.7. The predicted molar refractivity (Wildman–Crippen MR) is 162 cm³/mol. The van der Waals surface area contributed by atoms with Gasteiger partial charge in [0, 0.05) is 25.5 Å². The van der Waals surface area contributed by atoms with Crippen molar-refractivity contribution >= 4 is 29.5 Å². The van der Waals surface area contributed by atoms with Gasteiger partial charge in [-0.3, -0.25) is 19.3 Å². The second-order valence-electron chi connectivity index (χ2n) is 12.7. The summed E-state index contributed by atoms with van der Waals surface area (Å²) >= 11 is 0. The third kappa shape index (κ3) is 8.35. The summed E-state index contributed by atoms with van der Waals surface area (Å²) in [5.41, 5.74) is -1.98. The molecule has 2 heterocycles. The van der Waals surface area contributed by atoms with Crippen molar-refractivity contribution in [3.05, 3.63) is 76.9 Å². The summed E-state index contributed by atoms with van der Waals surface area (Å²) in [5.74, 6) is -2.13. The smallest absolute Gasteiger partial charge is 0.435 e. The van der Waals surface area contributed by atoms with Crippen LogP contribution >= 0.6 is 0 Å².